The molecule has 0 fully saturated rings. The van der Waals surface area contributed by atoms with Crippen molar-refractivity contribution in [3.63, 3.8) is 0 Å². The summed E-state index contributed by atoms with van der Waals surface area (Å²) in [7, 11) is 0. The summed E-state index contributed by atoms with van der Waals surface area (Å²) in [4.78, 5) is 16.0. The highest BCUT2D eigenvalue weighted by molar-refractivity contribution is 14.0. The highest BCUT2D eigenvalue weighted by Crippen LogP contribution is 2.10. The van der Waals surface area contributed by atoms with E-state index in [1.807, 2.05) is 33.8 Å². The van der Waals surface area contributed by atoms with Crippen LogP contribution in [0.3, 0.4) is 0 Å². The number of carbonyl (C=O) groups is 1. The van der Waals surface area contributed by atoms with Crippen LogP contribution in [0.2, 0.25) is 0 Å². The molecule has 6 nitrogen and oxygen atoms in total. The molecule has 0 unspecified atom stereocenters. The summed E-state index contributed by atoms with van der Waals surface area (Å²) < 4.78 is 18.7. The van der Waals surface area contributed by atoms with E-state index in [0.29, 0.717) is 37.7 Å². The molecule has 0 aromatic heterocycles. The van der Waals surface area contributed by atoms with Crippen molar-refractivity contribution < 1.29 is 13.9 Å². The molecular formula is C18H30FIN4O2. The van der Waals surface area contributed by atoms with Crippen molar-refractivity contribution in [2.75, 3.05) is 19.6 Å². The van der Waals surface area contributed by atoms with Gasteiger partial charge in [-0.1, -0.05) is 12.1 Å². The molecule has 0 aliphatic carbocycles. The van der Waals surface area contributed by atoms with Gasteiger partial charge >= 0.3 is 6.09 Å². The number of hydrogen-bond donors (Lipinski definition) is 3. The third kappa shape index (κ3) is 10.4. The summed E-state index contributed by atoms with van der Waals surface area (Å²) in [6.07, 6.45) is -0.452. The first kappa shape index (κ1) is 24.4. The van der Waals surface area contributed by atoms with Crippen LogP contribution in [-0.4, -0.2) is 37.3 Å². The number of ether oxygens (including phenoxy) is 1. The minimum atomic E-state index is -0.517. The lowest BCUT2D eigenvalue weighted by Gasteiger charge is -2.19. The molecule has 1 amide bonds. The average Bonchev–Trinajstić information content (AvgIpc) is 2.50. The second-order valence-electron chi connectivity index (χ2n) is 6.63. The van der Waals surface area contributed by atoms with Crippen molar-refractivity contribution in [2.45, 2.75) is 46.8 Å². The Morgan fingerprint density at radius 3 is 2.42 bits per heavy atom. The molecule has 1 rings (SSSR count). The number of halogens is 2. The summed E-state index contributed by atoms with van der Waals surface area (Å²) >= 11 is 0. The summed E-state index contributed by atoms with van der Waals surface area (Å²) in [5, 5.41) is 8.88. The largest absolute Gasteiger partial charge is 0.444 e. The first-order valence-corrected chi connectivity index (χ1v) is 8.45. The molecule has 0 radical (unpaired) electrons. The van der Waals surface area contributed by atoms with Crippen molar-refractivity contribution >= 4 is 36.0 Å². The molecule has 0 heterocycles. The maximum Gasteiger partial charge on any atom is 0.407 e. The number of carbonyl (C=O) groups excluding carboxylic acids is 1. The molecule has 0 spiro atoms. The van der Waals surface area contributed by atoms with Gasteiger partial charge in [0, 0.05) is 19.6 Å². The third-order valence-electron chi connectivity index (χ3n) is 3.09. The smallest absolute Gasteiger partial charge is 0.407 e. The van der Waals surface area contributed by atoms with Crippen molar-refractivity contribution in [3.05, 3.63) is 35.1 Å². The number of hydrogen-bond acceptors (Lipinski definition) is 3. The van der Waals surface area contributed by atoms with Crippen LogP contribution < -0.4 is 16.0 Å². The zero-order valence-electron chi connectivity index (χ0n) is 16.1. The molecule has 0 saturated heterocycles. The van der Waals surface area contributed by atoms with E-state index in [1.54, 1.807) is 13.0 Å². The third-order valence-corrected chi connectivity index (χ3v) is 3.09. The van der Waals surface area contributed by atoms with Crippen LogP contribution in [0.1, 0.15) is 38.8 Å². The molecule has 0 aliphatic heterocycles. The predicted molar refractivity (Wildman–Crippen MR) is 114 cm³/mol. The molecule has 8 heteroatoms. The molecule has 1 aromatic rings. The Balaban J connectivity index is 0.00000625. The van der Waals surface area contributed by atoms with Crippen LogP contribution in [0, 0.1) is 12.7 Å². The van der Waals surface area contributed by atoms with E-state index in [2.05, 4.69) is 20.9 Å². The van der Waals surface area contributed by atoms with Gasteiger partial charge in [-0.25, -0.2) is 14.2 Å². The van der Waals surface area contributed by atoms with Crippen molar-refractivity contribution in [1.82, 2.24) is 16.0 Å². The molecule has 26 heavy (non-hydrogen) atoms. The number of nitrogens with zero attached hydrogens (tertiary/aromatic N) is 1. The van der Waals surface area contributed by atoms with Gasteiger partial charge in [0.1, 0.15) is 11.4 Å². The normalized spacial score (nSPS) is 11.4. The molecule has 148 valence electrons. The lowest BCUT2D eigenvalue weighted by Crippen LogP contribution is -2.42. The van der Waals surface area contributed by atoms with Gasteiger partial charge in [0.2, 0.25) is 0 Å². The van der Waals surface area contributed by atoms with E-state index in [-0.39, 0.29) is 29.8 Å². The summed E-state index contributed by atoms with van der Waals surface area (Å²) in [6, 6.07) is 5.09. The number of nitrogens with one attached hydrogen (secondary N) is 3. The Hall–Kier alpha value is -1.58. The van der Waals surface area contributed by atoms with Crippen LogP contribution >= 0.6 is 24.0 Å². The zero-order valence-corrected chi connectivity index (χ0v) is 18.4. The lowest BCUT2D eigenvalue weighted by atomic mass is 10.1. The number of guanidine groups is 1. The van der Waals surface area contributed by atoms with Gasteiger partial charge in [-0.3, -0.25) is 0 Å². The Bertz CT molecular complexity index is 603. The Labute approximate surface area is 172 Å². The number of amides is 1. The fourth-order valence-electron chi connectivity index (χ4n) is 1.91. The standard InChI is InChI=1S/C18H29FN4O2.HI/c1-6-20-16(21-9-10-22-17(24)25-18(3,4)5)23-12-14-8-7-13(2)15(19)11-14;/h7-8,11H,6,9-10,12H2,1-5H3,(H,22,24)(H2,20,21,23);1H. The summed E-state index contributed by atoms with van der Waals surface area (Å²) in [6.45, 7) is 11.1. The number of aliphatic imine (C=N–C) groups is 1. The molecule has 0 bridgehead atoms. The molecule has 0 atom stereocenters. The van der Waals surface area contributed by atoms with Crippen LogP contribution in [0.5, 0.6) is 0 Å². The number of benzene rings is 1. The second kappa shape index (κ2) is 11.9. The minimum Gasteiger partial charge on any atom is -0.444 e. The Kier molecular flexibility index (Phi) is 11.2. The van der Waals surface area contributed by atoms with Crippen molar-refractivity contribution in [1.29, 1.82) is 0 Å². The van der Waals surface area contributed by atoms with Gasteiger partial charge in [0.25, 0.3) is 0 Å². The van der Waals surface area contributed by atoms with Crippen LogP contribution in [-0.2, 0) is 11.3 Å². The summed E-state index contributed by atoms with van der Waals surface area (Å²) in [5.41, 5.74) is 0.898. The monoisotopic (exact) mass is 480 g/mol. The van der Waals surface area contributed by atoms with Crippen LogP contribution in [0.15, 0.2) is 23.2 Å². The van der Waals surface area contributed by atoms with E-state index in [4.69, 9.17) is 4.74 Å². The van der Waals surface area contributed by atoms with Gasteiger partial charge in [0.05, 0.1) is 6.54 Å². The fraction of sp³-hybridized carbons (Fsp3) is 0.556. The molecular weight excluding hydrogens is 450 g/mol. The second-order valence-corrected chi connectivity index (χ2v) is 6.63. The predicted octanol–water partition coefficient (Wildman–Crippen LogP) is 3.33. The molecule has 0 saturated carbocycles. The van der Waals surface area contributed by atoms with E-state index in [1.165, 1.54) is 6.07 Å². The van der Waals surface area contributed by atoms with Gasteiger partial charge < -0.3 is 20.7 Å². The van der Waals surface area contributed by atoms with E-state index in [9.17, 15) is 9.18 Å². The Morgan fingerprint density at radius 2 is 1.85 bits per heavy atom. The topological polar surface area (TPSA) is 74.8 Å². The van der Waals surface area contributed by atoms with Crippen LogP contribution in [0.25, 0.3) is 0 Å². The molecule has 0 aliphatic rings. The first-order valence-electron chi connectivity index (χ1n) is 8.45. The fourth-order valence-corrected chi connectivity index (χ4v) is 1.91. The SMILES string of the molecule is CCNC(=NCc1ccc(C)c(F)c1)NCCNC(=O)OC(C)(C)C.I. The quantitative estimate of drug-likeness (QED) is 0.253. The maximum absolute atomic E-state index is 13.6. The summed E-state index contributed by atoms with van der Waals surface area (Å²) in [5.74, 6) is 0.377. The zero-order chi connectivity index (χ0) is 18.9. The Morgan fingerprint density at radius 1 is 1.19 bits per heavy atom. The van der Waals surface area contributed by atoms with Crippen LogP contribution in [0.4, 0.5) is 9.18 Å². The number of alkyl carbamates (subject to hydrolysis) is 1. The maximum atomic E-state index is 13.6. The average molecular weight is 480 g/mol. The number of aryl methyl sites for hydroxylation is 1. The van der Waals surface area contributed by atoms with Gasteiger partial charge in [-0.05, 0) is 51.8 Å². The van der Waals surface area contributed by atoms with Gasteiger partial charge in [0.15, 0.2) is 5.96 Å². The van der Waals surface area contributed by atoms with E-state index in [0.717, 1.165) is 5.56 Å². The van der Waals surface area contributed by atoms with E-state index < -0.39 is 11.7 Å². The highest BCUT2D eigenvalue weighted by atomic mass is 127. The van der Waals surface area contributed by atoms with Crippen molar-refractivity contribution in [2.24, 2.45) is 4.99 Å². The first-order chi connectivity index (χ1) is 11.7. The van der Waals surface area contributed by atoms with E-state index >= 15 is 0 Å². The van der Waals surface area contributed by atoms with Gasteiger partial charge in [-0.2, -0.15) is 0 Å². The molecule has 1 aromatic carbocycles. The van der Waals surface area contributed by atoms with Gasteiger partial charge in [-0.15, -0.1) is 24.0 Å². The number of rotatable bonds is 6. The highest BCUT2D eigenvalue weighted by Gasteiger charge is 2.15. The lowest BCUT2D eigenvalue weighted by molar-refractivity contribution is 0.0529. The minimum absolute atomic E-state index is 0. The van der Waals surface area contributed by atoms with Crippen molar-refractivity contribution in [3.8, 4) is 0 Å². The molecule has 3 N–H and O–H groups in total.